The van der Waals surface area contributed by atoms with Gasteiger partial charge in [-0.3, -0.25) is 4.79 Å². The number of amides is 1. The third-order valence-corrected chi connectivity index (χ3v) is 4.40. The Bertz CT molecular complexity index is 759. The van der Waals surface area contributed by atoms with E-state index in [4.69, 9.17) is 4.52 Å². The van der Waals surface area contributed by atoms with Crippen LogP contribution in [0.4, 0.5) is 5.95 Å². The van der Waals surface area contributed by atoms with Gasteiger partial charge in [-0.15, -0.1) is 0 Å². The van der Waals surface area contributed by atoms with Crippen molar-refractivity contribution in [1.82, 2.24) is 25.0 Å². The number of aryl methyl sites for hydroxylation is 1. The predicted octanol–water partition coefficient (Wildman–Crippen LogP) is 2.31. The van der Waals surface area contributed by atoms with E-state index in [2.05, 4.69) is 45.8 Å². The molecule has 8 nitrogen and oxygen atoms in total. The molecule has 2 aromatic rings. The molecule has 1 saturated heterocycles. The first-order chi connectivity index (χ1) is 12.3. The molecule has 3 heterocycles. The van der Waals surface area contributed by atoms with Crippen LogP contribution in [0.1, 0.15) is 39.5 Å². The van der Waals surface area contributed by atoms with Gasteiger partial charge in [0.15, 0.2) is 0 Å². The van der Waals surface area contributed by atoms with Crippen LogP contribution in [0.5, 0.6) is 0 Å². The summed E-state index contributed by atoms with van der Waals surface area (Å²) in [5.74, 6) is 1.83. The molecule has 2 aromatic heterocycles. The Balaban J connectivity index is 1.59. The van der Waals surface area contributed by atoms with Gasteiger partial charge in [-0.1, -0.05) is 25.9 Å². The van der Waals surface area contributed by atoms with Crippen LogP contribution in [0, 0.1) is 12.3 Å². The highest BCUT2D eigenvalue weighted by atomic mass is 16.5. The number of aromatic nitrogens is 4. The van der Waals surface area contributed by atoms with E-state index in [0.717, 1.165) is 19.5 Å². The van der Waals surface area contributed by atoms with Crippen LogP contribution < -0.4 is 4.90 Å². The van der Waals surface area contributed by atoms with Crippen LogP contribution in [0.25, 0.3) is 11.5 Å². The fraction of sp³-hybridized carbons (Fsp3) is 0.611. The predicted molar refractivity (Wildman–Crippen MR) is 97.5 cm³/mol. The van der Waals surface area contributed by atoms with Gasteiger partial charge < -0.3 is 14.3 Å². The molecule has 0 aromatic carbocycles. The highest BCUT2D eigenvalue weighted by Crippen LogP contribution is 2.22. The lowest BCUT2D eigenvalue weighted by Gasteiger charge is -2.35. The first kappa shape index (κ1) is 18.3. The Morgan fingerprint density at radius 2 is 1.92 bits per heavy atom. The summed E-state index contributed by atoms with van der Waals surface area (Å²) in [6.07, 6.45) is 3.21. The van der Waals surface area contributed by atoms with E-state index in [9.17, 15) is 4.79 Å². The number of nitrogens with zero attached hydrogens (tertiary/aromatic N) is 6. The SMILES string of the molecule is Cc1nc(-c2ccnc(N3CCN(C(=O)CCC(C)(C)C)CC3)n2)no1. The molecule has 0 unspecified atom stereocenters. The highest BCUT2D eigenvalue weighted by molar-refractivity contribution is 5.76. The maximum atomic E-state index is 12.4. The van der Waals surface area contributed by atoms with Gasteiger partial charge in [-0.05, 0) is 17.9 Å². The van der Waals surface area contributed by atoms with Crippen molar-refractivity contribution in [2.45, 2.75) is 40.5 Å². The summed E-state index contributed by atoms with van der Waals surface area (Å²) in [5, 5.41) is 3.90. The molecule has 1 aliphatic heterocycles. The van der Waals surface area contributed by atoms with Crippen molar-refractivity contribution in [2.24, 2.45) is 5.41 Å². The van der Waals surface area contributed by atoms with E-state index in [1.54, 1.807) is 19.2 Å². The van der Waals surface area contributed by atoms with Crippen LogP contribution in [-0.4, -0.2) is 57.1 Å². The molecule has 0 atom stereocenters. The number of rotatable bonds is 4. The lowest BCUT2D eigenvalue weighted by Crippen LogP contribution is -2.49. The Labute approximate surface area is 153 Å². The molecule has 1 fully saturated rings. The minimum Gasteiger partial charge on any atom is -0.339 e. The molecule has 1 amide bonds. The zero-order valence-electron chi connectivity index (χ0n) is 15.9. The topological polar surface area (TPSA) is 88.3 Å². The highest BCUT2D eigenvalue weighted by Gasteiger charge is 2.24. The van der Waals surface area contributed by atoms with Crippen LogP contribution in [0.2, 0.25) is 0 Å². The zero-order chi connectivity index (χ0) is 18.7. The van der Waals surface area contributed by atoms with Crippen LogP contribution >= 0.6 is 0 Å². The monoisotopic (exact) mass is 358 g/mol. The van der Waals surface area contributed by atoms with Crippen molar-refractivity contribution < 1.29 is 9.32 Å². The van der Waals surface area contributed by atoms with E-state index in [1.165, 1.54) is 0 Å². The van der Waals surface area contributed by atoms with Gasteiger partial charge in [0.25, 0.3) is 0 Å². The van der Waals surface area contributed by atoms with E-state index in [-0.39, 0.29) is 11.3 Å². The summed E-state index contributed by atoms with van der Waals surface area (Å²) in [5.41, 5.74) is 0.815. The molecule has 0 radical (unpaired) electrons. The van der Waals surface area contributed by atoms with Crippen LogP contribution in [-0.2, 0) is 4.79 Å². The quantitative estimate of drug-likeness (QED) is 0.828. The van der Waals surface area contributed by atoms with Crippen LogP contribution in [0.3, 0.4) is 0 Å². The van der Waals surface area contributed by atoms with Gasteiger partial charge in [0.2, 0.25) is 23.6 Å². The van der Waals surface area contributed by atoms with E-state index in [1.807, 2.05) is 4.90 Å². The van der Waals surface area contributed by atoms with Gasteiger partial charge in [0.05, 0.1) is 0 Å². The summed E-state index contributed by atoms with van der Waals surface area (Å²) < 4.78 is 5.01. The van der Waals surface area contributed by atoms with E-state index in [0.29, 0.717) is 42.9 Å². The molecule has 0 aliphatic carbocycles. The molecule has 0 spiro atoms. The number of hydrogen-bond donors (Lipinski definition) is 0. The summed E-state index contributed by atoms with van der Waals surface area (Å²) in [7, 11) is 0. The first-order valence-corrected chi connectivity index (χ1v) is 8.98. The fourth-order valence-corrected chi connectivity index (χ4v) is 2.82. The van der Waals surface area contributed by atoms with Gasteiger partial charge in [0, 0.05) is 45.7 Å². The van der Waals surface area contributed by atoms with E-state index >= 15 is 0 Å². The van der Waals surface area contributed by atoms with Gasteiger partial charge in [-0.25, -0.2) is 9.97 Å². The summed E-state index contributed by atoms with van der Waals surface area (Å²) in [4.78, 5) is 29.5. The van der Waals surface area contributed by atoms with Crippen molar-refractivity contribution in [3.8, 4) is 11.5 Å². The standard InChI is InChI=1S/C18H26N6O2/c1-13-20-16(22-26-13)14-6-8-19-17(21-14)24-11-9-23(10-12-24)15(25)5-7-18(2,3)4/h6,8H,5,7,9-12H2,1-4H3. The Kier molecular flexibility index (Phi) is 5.20. The Morgan fingerprint density at radius 3 is 2.54 bits per heavy atom. The average Bonchev–Trinajstić information content (AvgIpc) is 3.06. The smallest absolute Gasteiger partial charge is 0.226 e. The second-order valence-corrected chi connectivity index (χ2v) is 7.81. The molecule has 0 saturated carbocycles. The lowest BCUT2D eigenvalue weighted by molar-refractivity contribution is -0.132. The molecule has 8 heteroatoms. The van der Waals surface area contributed by atoms with Crippen molar-refractivity contribution in [1.29, 1.82) is 0 Å². The summed E-state index contributed by atoms with van der Waals surface area (Å²) in [6.45, 7) is 11.0. The van der Waals surface area contributed by atoms with Crippen molar-refractivity contribution in [3.05, 3.63) is 18.2 Å². The molecule has 0 bridgehead atoms. The largest absolute Gasteiger partial charge is 0.339 e. The van der Waals surface area contributed by atoms with Crippen LogP contribution in [0.15, 0.2) is 16.8 Å². The maximum Gasteiger partial charge on any atom is 0.226 e. The second kappa shape index (κ2) is 7.39. The lowest BCUT2D eigenvalue weighted by atomic mass is 9.90. The summed E-state index contributed by atoms with van der Waals surface area (Å²) in [6, 6.07) is 1.76. The average molecular weight is 358 g/mol. The number of carbonyl (C=O) groups is 1. The van der Waals surface area contributed by atoms with Crippen molar-refractivity contribution >= 4 is 11.9 Å². The molecule has 140 valence electrons. The summed E-state index contributed by atoms with van der Waals surface area (Å²) >= 11 is 0. The Hall–Kier alpha value is -2.51. The fourth-order valence-electron chi connectivity index (χ4n) is 2.82. The van der Waals surface area contributed by atoms with Crippen molar-refractivity contribution in [2.75, 3.05) is 31.1 Å². The number of anilines is 1. The number of carbonyl (C=O) groups excluding carboxylic acids is 1. The third-order valence-electron chi connectivity index (χ3n) is 4.40. The van der Waals surface area contributed by atoms with Crippen molar-refractivity contribution in [3.63, 3.8) is 0 Å². The molecule has 26 heavy (non-hydrogen) atoms. The first-order valence-electron chi connectivity index (χ1n) is 8.98. The molecule has 1 aliphatic rings. The van der Waals surface area contributed by atoms with Gasteiger partial charge in [-0.2, -0.15) is 4.98 Å². The molecule has 0 N–H and O–H groups in total. The number of piperazine rings is 1. The normalized spacial score (nSPS) is 15.4. The number of hydrogen-bond acceptors (Lipinski definition) is 7. The third kappa shape index (κ3) is 4.56. The second-order valence-electron chi connectivity index (χ2n) is 7.81. The van der Waals surface area contributed by atoms with Gasteiger partial charge >= 0.3 is 0 Å². The molecular weight excluding hydrogens is 332 g/mol. The minimum atomic E-state index is 0.180. The minimum absolute atomic E-state index is 0.180. The van der Waals surface area contributed by atoms with E-state index < -0.39 is 0 Å². The maximum absolute atomic E-state index is 12.4. The Morgan fingerprint density at radius 1 is 1.19 bits per heavy atom. The molecule has 3 rings (SSSR count). The van der Waals surface area contributed by atoms with Gasteiger partial charge in [0.1, 0.15) is 5.69 Å². The molecular formula is C18H26N6O2. The zero-order valence-corrected chi connectivity index (χ0v) is 15.9.